The van der Waals surface area contributed by atoms with Crippen LogP contribution in [0.25, 0.3) is 0 Å². The largest absolute Gasteiger partial charge is 0.497 e. The Bertz CT molecular complexity index is 770. The number of hydrogen-bond donors (Lipinski definition) is 3. The van der Waals surface area contributed by atoms with Gasteiger partial charge in [0.1, 0.15) is 11.9 Å². The summed E-state index contributed by atoms with van der Waals surface area (Å²) in [7, 11) is 1.58. The van der Waals surface area contributed by atoms with Gasteiger partial charge in [-0.05, 0) is 43.7 Å². The van der Waals surface area contributed by atoms with Crippen molar-refractivity contribution < 1.29 is 19.0 Å². The Balaban J connectivity index is 1.91. The maximum atomic E-state index is 13.7. The topological polar surface area (TPSA) is 75.1 Å². The maximum absolute atomic E-state index is 13.7. The third-order valence-corrected chi connectivity index (χ3v) is 3.97. The van der Waals surface area contributed by atoms with Crippen LogP contribution in [0.2, 0.25) is 0 Å². The van der Waals surface area contributed by atoms with E-state index >= 15 is 0 Å². The summed E-state index contributed by atoms with van der Waals surface area (Å²) in [6, 6.07) is 13.6. The molecule has 0 aliphatic carbocycles. The van der Waals surface area contributed by atoms with E-state index in [4.69, 9.17) is 9.47 Å². The number of nitrogens with one attached hydrogen (secondary N) is 2. The van der Waals surface area contributed by atoms with Gasteiger partial charge in [0.2, 0.25) is 0 Å². The first-order chi connectivity index (χ1) is 13.5. The summed E-state index contributed by atoms with van der Waals surface area (Å²) < 4.78 is 24.5. The standard InChI is InChI=1S/C21H28FN3O3/c1-4-23-21(24-13-15(2)28-20-11-6-5-10-18(20)22)25-14-19(26)16-8-7-9-17(12-16)27-3/h5-12,15,19,26H,4,13-14H2,1-3H3,(H2,23,24,25). The summed E-state index contributed by atoms with van der Waals surface area (Å²) in [4.78, 5) is 4.42. The number of para-hydroxylation sites is 1. The van der Waals surface area contributed by atoms with E-state index < -0.39 is 11.9 Å². The van der Waals surface area contributed by atoms with Crippen LogP contribution in [-0.2, 0) is 0 Å². The second-order valence-corrected chi connectivity index (χ2v) is 6.25. The molecular formula is C21H28FN3O3. The molecule has 6 nitrogen and oxygen atoms in total. The molecule has 0 aliphatic heterocycles. The molecule has 0 heterocycles. The molecule has 28 heavy (non-hydrogen) atoms. The van der Waals surface area contributed by atoms with Gasteiger partial charge < -0.3 is 25.2 Å². The van der Waals surface area contributed by atoms with Gasteiger partial charge in [0.05, 0.1) is 26.3 Å². The summed E-state index contributed by atoms with van der Waals surface area (Å²) in [6.07, 6.45) is -1.03. The monoisotopic (exact) mass is 389 g/mol. The van der Waals surface area contributed by atoms with Crippen molar-refractivity contribution in [2.24, 2.45) is 4.99 Å². The Morgan fingerprint density at radius 2 is 1.96 bits per heavy atom. The maximum Gasteiger partial charge on any atom is 0.191 e. The van der Waals surface area contributed by atoms with Crippen LogP contribution in [0.3, 0.4) is 0 Å². The van der Waals surface area contributed by atoms with E-state index in [9.17, 15) is 9.50 Å². The van der Waals surface area contributed by atoms with Gasteiger partial charge in [0.15, 0.2) is 17.5 Å². The number of rotatable bonds is 9. The lowest BCUT2D eigenvalue weighted by Crippen LogP contribution is -2.42. The molecule has 152 valence electrons. The van der Waals surface area contributed by atoms with E-state index in [1.54, 1.807) is 31.4 Å². The average Bonchev–Trinajstić information content (AvgIpc) is 2.71. The zero-order chi connectivity index (χ0) is 20.4. The first-order valence-electron chi connectivity index (χ1n) is 9.28. The molecule has 0 saturated carbocycles. The highest BCUT2D eigenvalue weighted by Gasteiger charge is 2.11. The van der Waals surface area contributed by atoms with Gasteiger partial charge in [-0.2, -0.15) is 0 Å². The Morgan fingerprint density at radius 1 is 1.18 bits per heavy atom. The van der Waals surface area contributed by atoms with Crippen LogP contribution in [-0.4, -0.2) is 43.9 Å². The molecule has 0 saturated heterocycles. The molecular weight excluding hydrogens is 361 g/mol. The highest BCUT2D eigenvalue weighted by Crippen LogP contribution is 2.19. The number of ether oxygens (including phenoxy) is 2. The average molecular weight is 389 g/mol. The van der Waals surface area contributed by atoms with Gasteiger partial charge in [-0.1, -0.05) is 24.3 Å². The van der Waals surface area contributed by atoms with E-state index in [1.807, 2.05) is 32.0 Å². The lowest BCUT2D eigenvalue weighted by Gasteiger charge is -2.18. The third kappa shape index (κ3) is 6.74. The lowest BCUT2D eigenvalue weighted by atomic mass is 10.1. The van der Waals surface area contributed by atoms with Crippen LogP contribution in [0, 0.1) is 5.82 Å². The molecule has 2 aromatic rings. The van der Waals surface area contributed by atoms with Crippen LogP contribution < -0.4 is 20.1 Å². The summed E-state index contributed by atoms with van der Waals surface area (Å²) in [5.74, 6) is 1.06. The summed E-state index contributed by atoms with van der Waals surface area (Å²) in [5.41, 5.74) is 0.732. The number of nitrogens with zero attached hydrogens (tertiary/aromatic N) is 1. The molecule has 0 fully saturated rings. The van der Waals surface area contributed by atoms with E-state index in [1.165, 1.54) is 6.07 Å². The van der Waals surface area contributed by atoms with Crippen LogP contribution in [0.15, 0.2) is 53.5 Å². The highest BCUT2D eigenvalue weighted by molar-refractivity contribution is 5.79. The molecule has 7 heteroatoms. The zero-order valence-corrected chi connectivity index (χ0v) is 16.5. The number of aliphatic imine (C=N–C) groups is 1. The molecule has 0 bridgehead atoms. The predicted octanol–water partition coefficient (Wildman–Crippen LogP) is 2.89. The normalized spacial score (nSPS) is 13.5. The first kappa shape index (κ1) is 21.5. The van der Waals surface area contributed by atoms with Crippen LogP contribution in [0.5, 0.6) is 11.5 Å². The van der Waals surface area contributed by atoms with Crippen molar-refractivity contribution in [1.82, 2.24) is 10.6 Å². The minimum absolute atomic E-state index is 0.186. The summed E-state index contributed by atoms with van der Waals surface area (Å²) >= 11 is 0. The minimum Gasteiger partial charge on any atom is -0.497 e. The fourth-order valence-electron chi connectivity index (χ4n) is 2.51. The van der Waals surface area contributed by atoms with Crippen LogP contribution in [0.1, 0.15) is 25.5 Å². The second kappa shape index (κ2) is 11.1. The molecule has 0 radical (unpaired) electrons. The van der Waals surface area contributed by atoms with Gasteiger partial charge in [-0.25, -0.2) is 4.39 Å². The van der Waals surface area contributed by atoms with Crippen LogP contribution >= 0.6 is 0 Å². The molecule has 0 spiro atoms. The molecule has 2 atom stereocenters. The predicted molar refractivity (Wildman–Crippen MR) is 108 cm³/mol. The number of hydrogen-bond acceptors (Lipinski definition) is 4. The molecule has 0 aliphatic rings. The minimum atomic E-state index is -0.752. The Hall–Kier alpha value is -2.80. The number of aliphatic hydroxyl groups excluding tert-OH is 1. The molecule has 0 aromatic heterocycles. The molecule has 2 aromatic carbocycles. The second-order valence-electron chi connectivity index (χ2n) is 6.25. The van der Waals surface area contributed by atoms with E-state index in [-0.39, 0.29) is 18.4 Å². The van der Waals surface area contributed by atoms with Crippen molar-refractivity contribution in [3.8, 4) is 11.5 Å². The van der Waals surface area contributed by atoms with Gasteiger partial charge in [-0.3, -0.25) is 4.99 Å². The highest BCUT2D eigenvalue weighted by atomic mass is 19.1. The summed E-state index contributed by atoms with van der Waals surface area (Å²) in [5, 5.41) is 16.6. The van der Waals surface area contributed by atoms with Crippen molar-refractivity contribution in [3.63, 3.8) is 0 Å². The SMILES string of the molecule is CCNC(=NCC(O)c1cccc(OC)c1)NCC(C)Oc1ccccc1F. The van der Waals surface area contributed by atoms with Gasteiger partial charge >= 0.3 is 0 Å². The Kier molecular flexibility index (Phi) is 8.55. The number of methoxy groups -OCH3 is 1. The zero-order valence-electron chi connectivity index (χ0n) is 16.5. The smallest absolute Gasteiger partial charge is 0.191 e. The molecule has 2 unspecified atom stereocenters. The Labute approximate surface area is 165 Å². The number of halogens is 1. The molecule has 0 amide bonds. The number of benzene rings is 2. The third-order valence-electron chi connectivity index (χ3n) is 3.97. The van der Waals surface area contributed by atoms with E-state index in [0.29, 0.717) is 24.8 Å². The quantitative estimate of drug-likeness (QED) is 0.454. The van der Waals surface area contributed by atoms with Crippen LogP contribution in [0.4, 0.5) is 4.39 Å². The lowest BCUT2D eigenvalue weighted by molar-refractivity contribution is 0.186. The van der Waals surface area contributed by atoms with Crippen molar-refractivity contribution in [1.29, 1.82) is 0 Å². The number of aliphatic hydroxyl groups is 1. The van der Waals surface area contributed by atoms with E-state index in [2.05, 4.69) is 15.6 Å². The molecule has 3 N–H and O–H groups in total. The van der Waals surface area contributed by atoms with Crippen molar-refractivity contribution in [2.45, 2.75) is 26.1 Å². The van der Waals surface area contributed by atoms with Crippen molar-refractivity contribution in [2.75, 3.05) is 26.7 Å². The van der Waals surface area contributed by atoms with Gasteiger partial charge in [0, 0.05) is 6.54 Å². The number of guanidine groups is 1. The fourth-order valence-corrected chi connectivity index (χ4v) is 2.51. The van der Waals surface area contributed by atoms with Crippen molar-refractivity contribution in [3.05, 3.63) is 59.9 Å². The fraction of sp³-hybridized carbons (Fsp3) is 0.381. The first-order valence-corrected chi connectivity index (χ1v) is 9.28. The Morgan fingerprint density at radius 3 is 2.68 bits per heavy atom. The molecule has 2 rings (SSSR count). The van der Waals surface area contributed by atoms with Gasteiger partial charge in [0.25, 0.3) is 0 Å². The van der Waals surface area contributed by atoms with Gasteiger partial charge in [-0.15, -0.1) is 0 Å². The van der Waals surface area contributed by atoms with E-state index in [0.717, 1.165) is 5.56 Å². The van der Waals surface area contributed by atoms with Crippen molar-refractivity contribution >= 4 is 5.96 Å². The summed E-state index contributed by atoms with van der Waals surface area (Å²) in [6.45, 7) is 5.08.